The van der Waals surface area contributed by atoms with Gasteiger partial charge in [-0.3, -0.25) is 0 Å². The standard InChI is InChI=1S/C14H12NO.HI/c1-11-12-7-3-4-8-13(12)16-14(11)15-9-5-2-6-10-15;/h2-10H,1H3;1H/q+1;/p-1. The lowest BCUT2D eigenvalue weighted by Gasteiger charge is -1.89. The highest BCUT2D eigenvalue weighted by molar-refractivity contribution is 5.82. The molecule has 0 saturated heterocycles. The summed E-state index contributed by atoms with van der Waals surface area (Å²) in [5.41, 5.74) is 2.11. The Hall–Kier alpha value is -1.36. The predicted octanol–water partition coefficient (Wildman–Crippen LogP) is 0.0219. The normalized spacial score (nSPS) is 10.2. The minimum atomic E-state index is 0. The number of benzene rings is 1. The maximum absolute atomic E-state index is 5.85. The van der Waals surface area contributed by atoms with E-state index in [9.17, 15) is 0 Å². The largest absolute Gasteiger partial charge is 1.00 e. The van der Waals surface area contributed by atoms with E-state index in [1.165, 1.54) is 10.9 Å². The van der Waals surface area contributed by atoms with Gasteiger partial charge in [0.2, 0.25) is 0 Å². The molecule has 3 heteroatoms. The summed E-state index contributed by atoms with van der Waals surface area (Å²) in [6.45, 7) is 2.08. The molecule has 0 spiro atoms. The first kappa shape index (κ1) is 12.1. The van der Waals surface area contributed by atoms with Crippen molar-refractivity contribution >= 4 is 11.0 Å². The molecule has 0 fully saturated rings. The van der Waals surface area contributed by atoms with E-state index in [2.05, 4.69) is 13.0 Å². The zero-order valence-corrected chi connectivity index (χ0v) is 11.6. The Kier molecular flexibility index (Phi) is 3.47. The molecule has 0 aliphatic rings. The van der Waals surface area contributed by atoms with Gasteiger partial charge in [0, 0.05) is 17.5 Å². The number of furan rings is 1. The van der Waals surface area contributed by atoms with Gasteiger partial charge in [0.15, 0.2) is 12.4 Å². The second kappa shape index (κ2) is 4.87. The van der Waals surface area contributed by atoms with Crippen LogP contribution < -0.4 is 28.5 Å². The SMILES string of the molecule is Cc1c(-[n+]2ccccc2)oc2ccccc12.[I-]. The number of fused-ring (bicyclic) bond motifs is 1. The summed E-state index contributed by atoms with van der Waals surface area (Å²) in [6.07, 6.45) is 3.98. The van der Waals surface area contributed by atoms with Crippen LogP contribution in [0.15, 0.2) is 59.3 Å². The fourth-order valence-corrected chi connectivity index (χ4v) is 1.94. The highest BCUT2D eigenvalue weighted by Crippen LogP contribution is 2.24. The number of aromatic nitrogens is 1. The summed E-state index contributed by atoms with van der Waals surface area (Å²) < 4.78 is 7.84. The van der Waals surface area contributed by atoms with E-state index >= 15 is 0 Å². The van der Waals surface area contributed by atoms with E-state index in [0.29, 0.717) is 0 Å². The average Bonchev–Trinajstić information content (AvgIpc) is 2.69. The van der Waals surface area contributed by atoms with Crippen LogP contribution in [0.2, 0.25) is 0 Å². The smallest absolute Gasteiger partial charge is 0.382 e. The Balaban J connectivity index is 0.00000108. The fourth-order valence-electron chi connectivity index (χ4n) is 1.94. The minimum Gasteiger partial charge on any atom is -1.00 e. The second-order valence-corrected chi connectivity index (χ2v) is 3.81. The van der Waals surface area contributed by atoms with Crippen LogP contribution in [0.1, 0.15) is 5.56 Å². The van der Waals surface area contributed by atoms with Crippen molar-refractivity contribution in [3.05, 3.63) is 60.4 Å². The molecule has 0 bridgehead atoms. The molecule has 0 saturated carbocycles. The third-order valence-electron chi connectivity index (χ3n) is 2.77. The molecule has 0 N–H and O–H groups in total. The van der Waals surface area contributed by atoms with Gasteiger partial charge >= 0.3 is 5.88 Å². The molecule has 3 aromatic rings. The monoisotopic (exact) mass is 337 g/mol. The highest BCUT2D eigenvalue weighted by atomic mass is 127. The first-order valence-corrected chi connectivity index (χ1v) is 5.31. The number of aryl methyl sites for hydroxylation is 1. The molecule has 0 amide bonds. The second-order valence-electron chi connectivity index (χ2n) is 3.81. The summed E-state index contributed by atoms with van der Waals surface area (Å²) in [4.78, 5) is 0. The van der Waals surface area contributed by atoms with Gasteiger partial charge in [0.05, 0.1) is 5.56 Å². The fraction of sp³-hybridized carbons (Fsp3) is 0.0714. The number of rotatable bonds is 1. The zero-order chi connectivity index (χ0) is 11.0. The van der Waals surface area contributed by atoms with Crippen molar-refractivity contribution in [2.75, 3.05) is 0 Å². The molecule has 0 unspecified atom stereocenters. The lowest BCUT2D eigenvalue weighted by molar-refractivity contribution is -0.609. The Labute approximate surface area is 117 Å². The van der Waals surface area contributed by atoms with E-state index < -0.39 is 0 Å². The first-order chi connectivity index (χ1) is 7.86. The lowest BCUT2D eigenvalue weighted by Crippen LogP contribution is -3.00. The van der Waals surface area contributed by atoms with Gasteiger partial charge in [-0.05, 0) is 13.0 Å². The number of halogens is 1. The van der Waals surface area contributed by atoms with Gasteiger partial charge in [0.25, 0.3) is 0 Å². The quantitative estimate of drug-likeness (QED) is 0.452. The van der Waals surface area contributed by atoms with Crippen LogP contribution in [0.4, 0.5) is 0 Å². The number of hydrogen-bond donors (Lipinski definition) is 0. The van der Waals surface area contributed by atoms with Crippen molar-refractivity contribution in [1.82, 2.24) is 0 Å². The molecule has 3 rings (SSSR count). The van der Waals surface area contributed by atoms with Crippen LogP contribution in [0.3, 0.4) is 0 Å². The molecule has 2 heterocycles. The number of hydrogen-bond acceptors (Lipinski definition) is 1. The lowest BCUT2D eigenvalue weighted by atomic mass is 10.2. The zero-order valence-electron chi connectivity index (χ0n) is 9.43. The summed E-state index contributed by atoms with van der Waals surface area (Å²) in [6, 6.07) is 14.1. The molecule has 0 atom stereocenters. The summed E-state index contributed by atoms with van der Waals surface area (Å²) in [5.74, 6) is 0.891. The summed E-state index contributed by atoms with van der Waals surface area (Å²) in [7, 11) is 0. The topological polar surface area (TPSA) is 17.0 Å². The van der Waals surface area contributed by atoms with E-state index in [0.717, 1.165) is 11.5 Å². The van der Waals surface area contributed by atoms with Crippen LogP contribution in [-0.2, 0) is 0 Å². The average molecular weight is 337 g/mol. The van der Waals surface area contributed by atoms with E-state index in [4.69, 9.17) is 4.42 Å². The molecule has 0 aliphatic heterocycles. The third-order valence-corrected chi connectivity index (χ3v) is 2.77. The maximum atomic E-state index is 5.85. The van der Waals surface area contributed by atoms with Crippen LogP contribution in [0.25, 0.3) is 16.9 Å². The van der Waals surface area contributed by atoms with Crippen molar-refractivity contribution in [3.8, 4) is 5.88 Å². The first-order valence-electron chi connectivity index (χ1n) is 5.31. The van der Waals surface area contributed by atoms with E-state index in [-0.39, 0.29) is 24.0 Å². The molecule has 0 radical (unpaired) electrons. The maximum Gasteiger partial charge on any atom is 0.382 e. The van der Waals surface area contributed by atoms with Crippen LogP contribution in [0, 0.1) is 6.92 Å². The van der Waals surface area contributed by atoms with Gasteiger partial charge in [-0.25, -0.2) is 0 Å². The van der Waals surface area contributed by atoms with Crippen molar-refractivity contribution in [2.24, 2.45) is 0 Å². The van der Waals surface area contributed by atoms with Crippen LogP contribution >= 0.6 is 0 Å². The molecule has 17 heavy (non-hydrogen) atoms. The van der Waals surface area contributed by atoms with Crippen molar-refractivity contribution < 1.29 is 33.0 Å². The van der Waals surface area contributed by atoms with E-state index in [1.54, 1.807) is 0 Å². The van der Waals surface area contributed by atoms with Crippen LogP contribution in [-0.4, -0.2) is 0 Å². The molecule has 2 aromatic heterocycles. The Morgan fingerprint density at radius 3 is 2.35 bits per heavy atom. The van der Waals surface area contributed by atoms with Gasteiger partial charge in [0.1, 0.15) is 5.58 Å². The molecule has 1 aromatic carbocycles. The molecule has 2 nitrogen and oxygen atoms in total. The Bertz CT molecular complexity index is 631. The van der Waals surface area contributed by atoms with Crippen molar-refractivity contribution in [1.29, 1.82) is 0 Å². The van der Waals surface area contributed by atoms with E-state index in [1.807, 2.05) is 53.4 Å². The molecular weight excluding hydrogens is 325 g/mol. The van der Waals surface area contributed by atoms with Gasteiger partial charge < -0.3 is 28.4 Å². The summed E-state index contributed by atoms with van der Waals surface area (Å²) in [5, 5.41) is 1.17. The van der Waals surface area contributed by atoms with Gasteiger partial charge in [-0.2, -0.15) is 0 Å². The number of para-hydroxylation sites is 1. The van der Waals surface area contributed by atoms with Gasteiger partial charge in [-0.1, -0.05) is 24.3 Å². The number of pyridine rings is 1. The van der Waals surface area contributed by atoms with Crippen molar-refractivity contribution in [3.63, 3.8) is 0 Å². The third kappa shape index (κ3) is 2.07. The van der Waals surface area contributed by atoms with Crippen LogP contribution in [0.5, 0.6) is 0 Å². The Morgan fingerprint density at radius 1 is 0.941 bits per heavy atom. The Morgan fingerprint density at radius 2 is 1.65 bits per heavy atom. The molecule has 0 aliphatic carbocycles. The minimum absolute atomic E-state index is 0. The summed E-state index contributed by atoms with van der Waals surface area (Å²) >= 11 is 0. The predicted molar refractivity (Wildman–Crippen MR) is 62.5 cm³/mol. The van der Waals surface area contributed by atoms with Gasteiger partial charge in [-0.15, -0.1) is 4.57 Å². The highest BCUT2D eigenvalue weighted by Gasteiger charge is 2.17. The molecular formula is C14H12INO. The number of nitrogens with zero attached hydrogens (tertiary/aromatic N) is 1. The van der Waals surface area contributed by atoms with Crippen molar-refractivity contribution in [2.45, 2.75) is 6.92 Å². The molecule has 86 valence electrons.